The number of carboxylic acids is 1. The maximum atomic E-state index is 10.8. The Labute approximate surface area is 88.4 Å². The third kappa shape index (κ3) is 1.96. The highest BCUT2D eigenvalue weighted by atomic mass is 16.4. The fourth-order valence-corrected chi connectivity index (χ4v) is 2.32. The van der Waals surface area contributed by atoms with E-state index in [0.717, 1.165) is 12.0 Å². The van der Waals surface area contributed by atoms with Crippen LogP contribution in [0.15, 0.2) is 24.3 Å². The molecule has 1 aliphatic rings. The van der Waals surface area contributed by atoms with Crippen molar-refractivity contribution < 1.29 is 15.0 Å². The molecule has 3 nitrogen and oxygen atoms in total. The number of phenols is 1. The molecule has 0 bridgehead atoms. The monoisotopic (exact) mass is 206 g/mol. The van der Waals surface area contributed by atoms with Crippen LogP contribution in [0, 0.1) is 5.92 Å². The van der Waals surface area contributed by atoms with Crippen molar-refractivity contribution in [3.8, 4) is 5.75 Å². The van der Waals surface area contributed by atoms with Crippen LogP contribution in [0.3, 0.4) is 0 Å². The average Bonchev–Trinajstić information content (AvgIpc) is 2.67. The van der Waals surface area contributed by atoms with E-state index in [-0.39, 0.29) is 17.6 Å². The van der Waals surface area contributed by atoms with Crippen LogP contribution in [0.5, 0.6) is 5.75 Å². The zero-order valence-corrected chi connectivity index (χ0v) is 8.39. The number of hydrogen-bond donors (Lipinski definition) is 2. The van der Waals surface area contributed by atoms with Crippen LogP contribution in [-0.4, -0.2) is 16.2 Å². The van der Waals surface area contributed by atoms with E-state index < -0.39 is 5.97 Å². The van der Waals surface area contributed by atoms with E-state index in [4.69, 9.17) is 5.11 Å². The van der Waals surface area contributed by atoms with Crippen LogP contribution >= 0.6 is 0 Å². The van der Waals surface area contributed by atoms with Gasteiger partial charge in [0.2, 0.25) is 0 Å². The number of hydrogen-bond acceptors (Lipinski definition) is 2. The van der Waals surface area contributed by atoms with Crippen molar-refractivity contribution >= 4 is 5.97 Å². The number of carbonyl (C=O) groups is 1. The first kappa shape index (κ1) is 10.0. The zero-order chi connectivity index (χ0) is 10.8. The van der Waals surface area contributed by atoms with E-state index in [0.29, 0.717) is 12.8 Å². The highest BCUT2D eigenvalue weighted by Gasteiger charge is 2.31. The van der Waals surface area contributed by atoms with E-state index in [1.807, 2.05) is 12.1 Å². The molecule has 0 heterocycles. The third-order valence-electron chi connectivity index (χ3n) is 3.16. The lowest BCUT2D eigenvalue weighted by atomic mass is 9.95. The van der Waals surface area contributed by atoms with Crippen molar-refractivity contribution in [3.05, 3.63) is 29.8 Å². The Morgan fingerprint density at radius 2 is 2.00 bits per heavy atom. The Morgan fingerprint density at radius 1 is 1.27 bits per heavy atom. The lowest BCUT2D eigenvalue weighted by molar-refractivity contribution is -0.141. The first-order chi connectivity index (χ1) is 7.18. The number of benzene rings is 1. The zero-order valence-electron chi connectivity index (χ0n) is 8.39. The second-order valence-electron chi connectivity index (χ2n) is 4.10. The minimum absolute atomic E-state index is 0.201. The van der Waals surface area contributed by atoms with Crippen LogP contribution < -0.4 is 0 Å². The van der Waals surface area contributed by atoms with E-state index in [1.165, 1.54) is 0 Å². The van der Waals surface area contributed by atoms with Crippen LogP contribution in [0.25, 0.3) is 0 Å². The summed E-state index contributed by atoms with van der Waals surface area (Å²) < 4.78 is 0. The summed E-state index contributed by atoms with van der Waals surface area (Å²) >= 11 is 0. The summed E-state index contributed by atoms with van der Waals surface area (Å²) in [5.74, 6) is -0.469. The van der Waals surface area contributed by atoms with Gasteiger partial charge in [0.1, 0.15) is 5.75 Å². The van der Waals surface area contributed by atoms with E-state index in [1.54, 1.807) is 12.1 Å². The fourth-order valence-electron chi connectivity index (χ4n) is 2.32. The number of aromatic hydroxyl groups is 1. The molecule has 3 heteroatoms. The van der Waals surface area contributed by atoms with Gasteiger partial charge in [-0.25, -0.2) is 0 Å². The van der Waals surface area contributed by atoms with Gasteiger partial charge in [-0.15, -0.1) is 0 Å². The van der Waals surface area contributed by atoms with Gasteiger partial charge in [0, 0.05) is 0 Å². The van der Waals surface area contributed by atoms with Crippen molar-refractivity contribution in [1.82, 2.24) is 0 Å². The number of phenolic OH excluding ortho intramolecular Hbond substituents is 1. The highest BCUT2D eigenvalue weighted by Crippen LogP contribution is 2.41. The minimum Gasteiger partial charge on any atom is -0.508 e. The molecular weight excluding hydrogens is 192 g/mol. The molecule has 2 unspecified atom stereocenters. The second-order valence-corrected chi connectivity index (χ2v) is 4.10. The first-order valence-corrected chi connectivity index (χ1v) is 5.19. The van der Waals surface area contributed by atoms with E-state index >= 15 is 0 Å². The summed E-state index contributed by atoms with van der Waals surface area (Å²) in [6, 6.07) is 7.19. The van der Waals surface area contributed by atoms with Crippen LogP contribution in [0.4, 0.5) is 0 Å². The van der Waals surface area contributed by atoms with Gasteiger partial charge >= 0.3 is 5.97 Å². The Hall–Kier alpha value is -1.51. The molecule has 1 aromatic rings. The predicted octanol–water partition coefficient (Wildman–Crippen LogP) is 2.36. The van der Waals surface area contributed by atoms with Gasteiger partial charge in [-0.3, -0.25) is 4.79 Å². The molecular formula is C12H14O3. The van der Waals surface area contributed by atoms with Crippen LogP contribution in [-0.2, 0) is 4.79 Å². The summed E-state index contributed by atoms with van der Waals surface area (Å²) in [7, 11) is 0. The molecule has 0 aliphatic heterocycles. The maximum Gasteiger partial charge on any atom is 0.306 e. The SMILES string of the molecule is O=C(O)C1CCC(c2ccccc2O)C1. The Morgan fingerprint density at radius 3 is 2.60 bits per heavy atom. The molecule has 0 radical (unpaired) electrons. The molecule has 1 aromatic carbocycles. The van der Waals surface area contributed by atoms with Gasteiger partial charge in [-0.05, 0) is 36.8 Å². The average molecular weight is 206 g/mol. The fraction of sp³-hybridized carbons (Fsp3) is 0.417. The van der Waals surface area contributed by atoms with Crippen LogP contribution in [0.1, 0.15) is 30.7 Å². The van der Waals surface area contributed by atoms with Crippen molar-refractivity contribution in [3.63, 3.8) is 0 Å². The number of rotatable bonds is 2. The van der Waals surface area contributed by atoms with Gasteiger partial charge in [0.05, 0.1) is 5.92 Å². The number of carboxylic acid groups (broad SMARTS) is 1. The third-order valence-corrected chi connectivity index (χ3v) is 3.16. The Bertz CT molecular complexity index is 373. The van der Waals surface area contributed by atoms with E-state index in [2.05, 4.69) is 0 Å². The van der Waals surface area contributed by atoms with Gasteiger partial charge in [-0.1, -0.05) is 18.2 Å². The maximum absolute atomic E-state index is 10.8. The smallest absolute Gasteiger partial charge is 0.306 e. The second kappa shape index (κ2) is 3.93. The quantitative estimate of drug-likeness (QED) is 0.781. The van der Waals surface area contributed by atoms with E-state index in [9.17, 15) is 9.90 Å². The Balaban J connectivity index is 2.14. The lowest BCUT2D eigenvalue weighted by Crippen LogP contribution is -2.09. The van der Waals surface area contributed by atoms with Gasteiger partial charge < -0.3 is 10.2 Å². The van der Waals surface area contributed by atoms with Gasteiger partial charge in [0.15, 0.2) is 0 Å². The molecule has 0 amide bonds. The molecule has 2 atom stereocenters. The molecule has 1 aliphatic carbocycles. The minimum atomic E-state index is -0.715. The number of aliphatic carboxylic acids is 1. The van der Waals surface area contributed by atoms with Gasteiger partial charge in [0.25, 0.3) is 0 Å². The molecule has 15 heavy (non-hydrogen) atoms. The summed E-state index contributed by atoms with van der Waals surface area (Å²) in [5, 5.41) is 18.5. The van der Waals surface area contributed by atoms with Crippen LogP contribution in [0.2, 0.25) is 0 Å². The molecule has 80 valence electrons. The van der Waals surface area contributed by atoms with Crippen molar-refractivity contribution in [1.29, 1.82) is 0 Å². The summed E-state index contributed by atoms with van der Waals surface area (Å²) in [4.78, 5) is 10.8. The standard InChI is InChI=1S/C12H14O3/c13-11-4-2-1-3-10(11)8-5-6-9(7-8)12(14)15/h1-4,8-9,13H,5-7H2,(H,14,15). The molecule has 0 spiro atoms. The molecule has 1 saturated carbocycles. The number of para-hydroxylation sites is 1. The van der Waals surface area contributed by atoms with Crippen molar-refractivity contribution in [2.24, 2.45) is 5.92 Å². The largest absolute Gasteiger partial charge is 0.508 e. The predicted molar refractivity (Wildman–Crippen MR) is 55.8 cm³/mol. The Kier molecular flexibility index (Phi) is 2.62. The summed E-state index contributed by atoms with van der Waals surface area (Å²) in [6.45, 7) is 0. The normalized spacial score (nSPS) is 25.3. The summed E-state index contributed by atoms with van der Waals surface area (Å²) in [5.41, 5.74) is 0.890. The van der Waals surface area contributed by atoms with Gasteiger partial charge in [-0.2, -0.15) is 0 Å². The lowest BCUT2D eigenvalue weighted by Gasteiger charge is -2.11. The molecule has 2 rings (SSSR count). The van der Waals surface area contributed by atoms with Crippen molar-refractivity contribution in [2.45, 2.75) is 25.2 Å². The summed E-state index contributed by atoms with van der Waals surface area (Å²) in [6.07, 6.45) is 2.22. The topological polar surface area (TPSA) is 57.5 Å². The molecule has 0 aromatic heterocycles. The van der Waals surface area contributed by atoms with Crippen molar-refractivity contribution in [2.75, 3.05) is 0 Å². The molecule has 1 fully saturated rings. The molecule has 0 saturated heterocycles. The molecule has 2 N–H and O–H groups in total. The highest BCUT2D eigenvalue weighted by molar-refractivity contribution is 5.70. The first-order valence-electron chi connectivity index (χ1n) is 5.19.